The van der Waals surface area contributed by atoms with Crippen LogP contribution in [0.15, 0.2) is 54.4 Å². The third-order valence-electron chi connectivity index (χ3n) is 8.42. The highest BCUT2D eigenvalue weighted by molar-refractivity contribution is 7.93. The summed E-state index contributed by atoms with van der Waals surface area (Å²) in [5, 5.41) is 4.34. The van der Waals surface area contributed by atoms with E-state index >= 15 is 0 Å². The molecule has 0 spiro atoms. The maximum atomic E-state index is 14.1. The van der Waals surface area contributed by atoms with Gasteiger partial charge in [0.05, 0.1) is 54.0 Å². The van der Waals surface area contributed by atoms with Crippen LogP contribution in [0.3, 0.4) is 0 Å². The lowest BCUT2D eigenvalue weighted by Gasteiger charge is -2.33. The van der Waals surface area contributed by atoms with E-state index in [9.17, 15) is 22.0 Å². The summed E-state index contributed by atoms with van der Waals surface area (Å²) in [6.45, 7) is 4.49. The van der Waals surface area contributed by atoms with E-state index in [0.29, 0.717) is 68.2 Å². The molecule has 3 aliphatic rings. The van der Waals surface area contributed by atoms with Crippen molar-refractivity contribution in [2.75, 3.05) is 53.5 Å². The molecule has 0 saturated carbocycles. The lowest BCUT2D eigenvalue weighted by Crippen LogP contribution is -2.38. The van der Waals surface area contributed by atoms with Crippen molar-refractivity contribution in [1.29, 1.82) is 0 Å². The average Bonchev–Trinajstić information content (AvgIpc) is 3.74. The highest BCUT2D eigenvalue weighted by Gasteiger charge is 2.34. The zero-order valence-electron chi connectivity index (χ0n) is 24.9. The van der Waals surface area contributed by atoms with Gasteiger partial charge in [-0.25, -0.2) is 26.9 Å². The predicted octanol–water partition coefficient (Wildman–Crippen LogP) is 4.43. The number of anilines is 3. The van der Waals surface area contributed by atoms with Crippen LogP contribution in [0.2, 0.25) is 0 Å². The molecule has 0 atom stereocenters. The van der Waals surface area contributed by atoms with Crippen LogP contribution in [0, 0.1) is 18.6 Å². The van der Waals surface area contributed by atoms with Crippen molar-refractivity contribution < 1.29 is 31.5 Å². The number of hydrogen-bond donors (Lipinski definition) is 1. The van der Waals surface area contributed by atoms with Gasteiger partial charge in [-0.3, -0.25) is 9.10 Å². The van der Waals surface area contributed by atoms with Gasteiger partial charge in [0, 0.05) is 37.7 Å². The lowest BCUT2D eigenvalue weighted by molar-refractivity contribution is 0.103. The normalized spacial score (nSPS) is 17.2. The van der Waals surface area contributed by atoms with E-state index in [2.05, 4.69) is 15.0 Å². The molecule has 2 N–H and O–H groups in total. The van der Waals surface area contributed by atoms with Crippen LogP contribution >= 0.6 is 0 Å². The number of rotatable bonds is 7. The van der Waals surface area contributed by atoms with Gasteiger partial charge in [0.1, 0.15) is 5.82 Å². The van der Waals surface area contributed by atoms with E-state index in [-0.39, 0.29) is 28.8 Å². The molecular formula is C32H30F2N6O5S. The molecule has 4 aromatic rings. The van der Waals surface area contributed by atoms with Gasteiger partial charge in [-0.05, 0) is 60.4 Å². The Hall–Kier alpha value is -4.82. The third-order valence-corrected chi connectivity index (χ3v) is 10.3. The van der Waals surface area contributed by atoms with Crippen molar-refractivity contribution in [3.63, 3.8) is 0 Å². The van der Waals surface area contributed by atoms with Gasteiger partial charge < -0.3 is 20.1 Å². The minimum absolute atomic E-state index is 0.0290. The molecule has 7 rings (SSSR count). The Morgan fingerprint density at radius 3 is 2.48 bits per heavy atom. The van der Waals surface area contributed by atoms with Gasteiger partial charge in [0.25, 0.3) is 0 Å². The number of Topliss-reactive ketones (excluding diaryl/α,β-unsaturated/α-hetero) is 1. The number of nitrogens with zero attached hydrogens (tertiary/aromatic N) is 5. The van der Waals surface area contributed by atoms with Crippen molar-refractivity contribution in [2.24, 2.45) is 0 Å². The molecule has 2 aromatic carbocycles. The average molecular weight is 649 g/mol. The number of aromatic nitrogens is 3. The first-order valence-electron chi connectivity index (χ1n) is 14.8. The fourth-order valence-corrected chi connectivity index (χ4v) is 7.63. The molecular weight excluding hydrogens is 618 g/mol. The molecule has 0 radical (unpaired) electrons. The summed E-state index contributed by atoms with van der Waals surface area (Å²) in [4.78, 5) is 20.1. The van der Waals surface area contributed by atoms with E-state index in [1.807, 2.05) is 18.2 Å². The van der Waals surface area contributed by atoms with Crippen LogP contribution < -0.4 is 19.7 Å². The number of pyridine rings is 1. The van der Waals surface area contributed by atoms with Gasteiger partial charge in [-0.1, -0.05) is 6.07 Å². The Kier molecular flexibility index (Phi) is 7.48. The van der Waals surface area contributed by atoms with Crippen molar-refractivity contribution >= 4 is 39.1 Å². The maximum Gasteiger partial charge on any atom is 0.235 e. The predicted molar refractivity (Wildman–Crippen MR) is 168 cm³/mol. The van der Waals surface area contributed by atoms with Gasteiger partial charge in [-0.2, -0.15) is 5.10 Å². The number of allylic oxidation sites excluding steroid dienone is 1. The van der Waals surface area contributed by atoms with E-state index in [1.165, 1.54) is 33.5 Å². The second-order valence-corrected chi connectivity index (χ2v) is 13.4. The highest BCUT2D eigenvalue weighted by atomic mass is 32.2. The molecule has 46 heavy (non-hydrogen) atoms. The molecule has 0 unspecified atom stereocenters. The molecule has 0 amide bonds. The number of sulfonamides is 1. The fraction of sp³-hybridized carbons (Fsp3) is 0.281. The molecule has 11 nitrogen and oxygen atoms in total. The van der Waals surface area contributed by atoms with E-state index in [1.54, 1.807) is 6.92 Å². The fourth-order valence-electron chi connectivity index (χ4n) is 6.06. The molecule has 4 heterocycles. The van der Waals surface area contributed by atoms with Crippen molar-refractivity contribution in [1.82, 2.24) is 14.8 Å². The molecule has 238 valence electrons. The summed E-state index contributed by atoms with van der Waals surface area (Å²) >= 11 is 0. The molecule has 2 saturated heterocycles. The van der Waals surface area contributed by atoms with E-state index in [0.717, 1.165) is 28.9 Å². The number of morpholine rings is 1. The summed E-state index contributed by atoms with van der Waals surface area (Å²) in [5.41, 5.74) is 11.3. The van der Waals surface area contributed by atoms with Crippen molar-refractivity contribution in [3.05, 3.63) is 88.3 Å². The quantitative estimate of drug-likeness (QED) is 0.289. The zero-order chi connectivity index (χ0) is 32.2. The Balaban J connectivity index is 1.16. The van der Waals surface area contributed by atoms with Crippen molar-refractivity contribution in [2.45, 2.75) is 19.8 Å². The Morgan fingerprint density at radius 1 is 1.02 bits per heavy atom. The minimum Gasteiger partial charge on any atom is -0.433 e. The molecule has 2 fully saturated rings. The summed E-state index contributed by atoms with van der Waals surface area (Å²) in [5.74, 6) is -2.42. The van der Waals surface area contributed by atoms with Crippen LogP contribution in [0.25, 0.3) is 11.8 Å². The number of nitrogens with two attached hydrogens (primary N) is 1. The SMILES string of the molecule is Cc1cc(Oc2c(F)cccc2F)ncc1-n1ncc(C(=O)C2=Cc3cc(N4CCOCC4)c(N4CCCS4(=O)=O)cc3C2)c1N. The standard InChI is InChI=1S/C32H30F2N6O5S/c1-19-12-29(45-31-24(33)4-2-5-25(31)34)36-18-28(19)40-32(35)23(17-37-40)30(41)22-13-20-15-26(38-7-9-44-10-8-38)27(16-21(20)14-22)39-6-3-11-46(39,42)43/h2,4-5,12-13,15-18H,3,6-11,14,35H2,1H3. The number of carbonyl (C=O) groups excluding carboxylic acids is 1. The first kappa shape index (κ1) is 29.9. The number of nitrogen functional groups attached to an aromatic ring is 1. The van der Waals surface area contributed by atoms with Crippen LogP contribution in [0.4, 0.5) is 26.0 Å². The lowest BCUT2D eigenvalue weighted by atomic mass is 10.0. The van der Waals surface area contributed by atoms with Gasteiger partial charge in [0.15, 0.2) is 17.4 Å². The van der Waals surface area contributed by atoms with E-state index in [4.69, 9.17) is 15.2 Å². The number of benzene rings is 2. The first-order valence-corrected chi connectivity index (χ1v) is 16.4. The summed E-state index contributed by atoms with van der Waals surface area (Å²) in [6.07, 6.45) is 5.47. The number of fused-ring (bicyclic) bond motifs is 1. The molecule has 0 bridgehead atoms. The number of para-hydroxylation sites is 1. The summed E-state index contributed by atoms with van der Waals surface area (Å²) < 4.78 is 67.7. The third kappa shape index (κ3) is 5.26. The number of carbonyl (C=O) groups is 1. The van der Waals surface area contributed by atoms with Crippen molar-refractivity contribution in [3.8, 4) is 17.3 Å². The van der Waals surface area contributed by atoms with Gasteiger partial charge in [-0.15, -0.1) is 0 Å². The Labute approximate surface area is 263 Å². The minimum atomic E-state index is -3.43. The second-order valence-electron chi connectivity index (χ2n) is 11.4. The number of ether oxygens (including phenoxy) is 2. The summed E-state index contributed by atoms with van der Waals surface area (Å²) in [6, 6.07) is 8.74. The number of aryl methyl sites for hydroxylation is 1. The summed E-state index contributed by atoms with van der Waals surface area (Å²) in [7, 11) is -3.43. The topological polar surface area (TPSA) is 133 Å². The van der Waals surface area contributed by atoms with E-state index < -0.39 is 27.4 Å². The molecule has 2 aliphatic heterocycles. The Morgan fingerprint density at radius 2 is 1.78 bits per heavy atom. The van der Waals surface area contributed by atoms with Gasteiger partial charge >= 0.3 is 0 Å². The molecule has 2 aromatic heterocycles. The molecule has 14 heteroatoms. The Bertz CT molecular complexity index is 2000. The number of hydrogen-bond acceptors (Lipinski definition) is 9. The second kappa shape index (κ2) is 11.5. The number of halogens is 2. The molecule has 1 aliphatic carbocycles. The van der Waals surface area contributed by atoms with Crippen LogP contribution in [-0.4, -0.2) is 67.6 Å². The largest absolute Gasteiger partial charge is 0.433 e. The monoisotopic (exact) mass is 648 g/mol. The van der Waals surface area contributed by atoms with Crippen LogP contribution in [-0.2, 0) is 21.2 Å². The van der Waals surface area contributed by atoms with Crippen LogP contribution in [0.1, 0.15) is 33.5 Å². The van der Waals surface area contributed by atoms with Gasteiger partial charge in [0.2, 0.25) is 21.7 Å². The zero-order valence-corrected chi connectivity index (χ0v) is 25.7. The smallest absolute Gasteiger partial charge is 0.235 e. The van der Waals surface area contributed by atoms with Crippen LogP contribution in [0.5, 0.6) is 11.6 Å². The highest BCUT2D eigenvalue weighted by Crippen LogP contribution is 2.41. The maximum absolute atomic E-state index is 14.1. The first-order chi connectivity index (χ1) is 22.1. The number of ketones is 1.